The molecule has 0 fully saturated rings. The number of aliphatic hydroxyl groups is 1. The van der Waals surface area contributed by atoms with Crippen LogP contribution < -0.4 is 15.4 Å². The largest absolute Gasteiger partial charge is 0.491 e. The fourth-order valence-corrected chi connectivity index (χ4v) is 1.84. The lowest BCUT2D eigenvalue weighted by Crippen LogP contribution is -2.32. The Bertz CT molecular complexity index is 579. The molecule has 3 N–H and O–H groups in total. The predicted octanol–water partition coefficient (Wildman–Crippen LogP) is 2.92. The second-order valence-corrected chi connectivity index (χ2v) is 5.06. The molecular formula is C16H20N2O4. The molecule has 2 aromatic rings. The van der Waals surface area contributed by atoms with Crippen LogP contribution in [0.3, 0.4) is 0 Å². The van der Waals surface area contributed by atoms with Gasteiger partial charge in [-0.1, -0.05) is 0 Å². The summed E-state index contributed by atoms with van der Waals surface area (Å²) in [6.07, 6.45) is 0.701. The fourth-order valence-electron chi connectivity index (χ4n) is 1.84. The first kappa shape index (κ1) is 15.9. The minimum atomic E-state index is -0.873. The number of benzene rings is 1. The molecule has 6 nitrogen and oxygen atoms in total. The van der Waals surface area contributed by atoms with Crippen LogP contribution in [0.1, 0.15) is 25.7 Å². The molecule has 0 saturated heterocycles. The highest BCUT2D eigenvalue weighted by Crippen LogP contribution is 2.17. The number of carbonyl (C=O) groups excluding carboxylic acids is 1. The Kier molecular flexibility index (Phi) is 5.43. The van der Waals surface area contributed by atoms with Crippen LogP contribution >= 0.6 is 0 Å². The molecule has 2 rings (SSSR count). The van der Waals surface area contributed by atoms with Crippen molar-refractivity contribution < 1.29 is 19.1 Å². The average Bonchev–Trinajstić information content (AvgIpc) is 3.00. The van der Waals surface area contributed by atoms with Crippen molar-refractivity contribution in [3.8, 4) is 5.75 Å². The standard InChI is InChI=1S/C16H20N2O4/c1-11(2)22-13-7-5-12(6-8-13)18-16(20)17-10-14(19)15-4-3-9-21-15/h3-9,11,14,19H,10H2,1-2H3,(H2,17,18,20). The van der Waals surface area contributed by atoms with Crippen molar-refractivity contribution in [2.24, 2.45) is 0 Å². The first-order chi connectivity index (χ1) is 10.5. The Balaban J connectivity index is 1.79. The Morgan fingerprint density at radius 3 is 2.59 bits per heavy atom. The van der Waals surface area contributed by atoms with Crippen molar-refractivity contribution in [1.29, 1.82) is 0 Å². The smallest absolute Gasteiger partial charge is 0.319 e. The van der Waals surface area contributed by atoms with Crippen molar-refractivity contribution in [2.45, 2.75) is 26.1 Å². The molecule has 2 amide bonds. The molecule has 118 valence electrons. The van der Waals surface area contributed by atoms with E-state index in [0.717, 1.165) is 5.75 Å². The molecule has 22 heavy (non-hydrogen) atoms. The summed E-state index contributed by atoms with van der Waals surface area (Å²) in [6, 6.07) is 10.0. The van der Waals surface area contributed by atoms with Gasteiger partial charge >= 0.3 is 6.03 Å². The lowest BCUT2D eigenvalue weighted by atomic mass is 10.3. The normalized spacial score (nSPS) is 12.0. The topological polar surface area (TPSA) is 83.7 Å². The van der Waals surface area contributed by atoms with E-state index in [9.17, 15) is 9.90 Å². The number of furan rings is 1. The summed E-state index contributed by atoms with van der Waals surface area (Å²) in [6.45, 7) is 3.96. The number of ether oxygens (including phenoxy) is 1. The van der Waals surface area contributed by atoms with Crippen LogP contribution in [-0.4, -0.2) is 23.8 Å². The first-order valence-electron chi connectivity index (χ1n) is 7.07. The summed E-state index contributed by atoms with van der Waals surface area (Å²) < 4.78 is 10.6. The maximum atomic E-state index is 11.8. The highest BCUT2D eigenvalue weighted by Gasteiger charge is 2.11. The summed E-state index contributed by atoms with van der Waals surface area (Å²) in [7, 11) is 0. The van der Waals surface area contributed by atoms with E-state index in [1.54, 1.807) is 36.4 Å². The molecule has 1 aromatic heterocycles. The Morgan fingerprint density at radius 1 is 1.27 bits per heavy atom. The molecule has 0 spiro atoms. The predicted molar refractivity (Wildman–Crippen MR) is 82.9 cm³/mol. The van der Waals surface area contributed by atoms with Crippen LogP contribution in [0.2, 0.25) is 0 Å². The van der Waals surface area contributed by atoms with Gasteiger partial charge < -0.3 is 24.9 Å². The molecule has 6 heteroatoms. The number of hydrogen-bond acceptors (Lipinski definition) is 4. The second kappa shape index (κ2) is 7.51. The summed E-state index contributed by atoms with van der Waals surface area (Å²) in [4.78, 5) is 11.8. The van der Waals surface area contributed by atoms with E-state index in [0.29, 0.717) is 11.4 Å². The SMILES string of the molecule is CC(C)Oc1ccc(NC(=O)NCC(O)c2ccco2)cc1. The minimum Gasteiger partial charge on any atom is -0.491 e. The quantitative estimate of drug-likeness (QED) is 0.766. The molecular weight excluding hydrogens is 284 g/mol. The number of rotatable bonds is 6. The van der Waals surface area contributed by atoms with Gasteiger partial charge in [0.15, 0.2) is 0 Å². The number of nitrogens with one attached hydrogen (secondary N) is 2. The van der Waals surface area contributed by atoms with Gasteiger partial charge in [0.2, 0.25) is 0 Å². The molecule has 0 bridgehead atoms. The summed E-state index contributed by atoms with van der Waals surface area (Å²) in [5.74, 6) is 1.16. The van der Waals surface area contributed by atoms with Gasteiger partial charge in [0.05, 0.1) is 18.9 Å². The monoisotopic (exact) mass is 304 g/mol. The third-order valence-electron chi connectivity index (χ3n) is 2.81. The minimum absolute atomic E-state index is 0.0634. The Morgan fingerprint density at radius 2 is 2.00 bits per heavy atom. The van der Waals surface area contributed by atoms with Gasteiger partial charge in [0.25, 0.3) is 0 Å². The maximum Gasteiger partial charge on any atom is 0.319 e. The van der Waals surface area contributed by atoms with Crippen LogP contribution in [0.15, 0.2) is 47.1 Å². The zero-order chi connectivity index (χ0) is 15.9. The molecule has 1 heterocycles. The summed E-state index contributed by atoms with van der Waals surface area (Å²) in [5, 5.41) is 15.0. The highest BCUT2D eigenvalue weighted by molar-refractivity contribution is 5.89. The van der Waals surface area contributed by atoms with Crippen molar-refractivity contribution in [3.05, 3.63) is 48.4 Å². The lowest BCUT2D eigenvalue weighted by Gasteiger charge is -2.12. The molecule has 0 radical (unpaired) electrons. The van der Waals surface area contributed by atoms with Gasteiger partial charge in [0.1, 0.15) is 17.6 Å². The second-order valence-electron chi connectivity index (χ2n) is 5.06. The van der Waals surface area contributed by atoms with Crippen LogP contribution in [-0.2, 0) is 0 Å². The van der Waals surface area contributed by atoms with Gasteiger partial charge in [-0.25, -0.2) is 4.79 Å². The van der Waals surface area contributed by atoms with E-state index in [-0.39, 0.29) is 12.6 Å². The van der Waals surface area contributed by atoms with Crippen LogP contribution in [0.25, 0.3) is 0 Å². The lowest BCUT2D eigenvalue weighted by molar-refractivity contribution is 0.149. The molecule has 0 saturated carbocycles. The highest BCUT2D eigenvalue weighted by atomic mass is 16.5. The van der Waals surface area contributed by atoms with Gasteiger partial charge in [-0.15, -0.1) is 0 Å². The molecule has 1 atom stereocenters. The number of aliphatic hydroxyl groups excluding tert-OH is 1. The number of anilines is 1. The zero-order valence-electron chi connectivity index (χ0n) is 12.6. The van der Waals surface area contributed by atoms with Crippen LogP contribution in [0.5, 0.6) is 5.75 Å². The van der Waals surface area contributed by atoms with Gasteiger partial charge in [0, 0.05) is 5.69 Å². The molecule has 1 unspecified atom stereocenters. The number of carbonyl (C=O) groups is 1. The van der Waals surface area contributed by atoms with Crippen molar-refractivity contribution in [2.75, 3.05) is 11.9 Å². The summed E-state index contributed by atoms with van der Waals surface area (Å²) >= 11 is 0. The van der Waals surface area contributed by atoms with Crippen molar-refractivity contribution in [3.63, 3.8) is 0 Å². The van der Waals surface area contributed by atoms with E-state index >= 15 is 0 Å². The molecule has 1 aromatic carbocycles. The average molecular weight is 304 g/mol. The zero-order valence-corrected chi connectivity index (χ0v) is 12.6. The Hall–Kier alpha value is -2.47. The van der Waals surface area contributed by atoms with E-state index < -0.39 is 12.1 Å². The van der Waals surface area contributed by atoms with Crippen LogP contribution in [0.4, 0.5) is 10.5 Å². The molecule has 0 aliphatic heterocycles. The number of urea groups is 1. The van der Waals surface area contributed by atoms with Crippen molar-refractivity contribution in [1.82, 2.24) is 5.32 Å². The van der Waals surface area contributed by atoms with Gasteiger partial charge in [-0.05, 0) is 50.2 Å². The molecule has 0 aliphatic rings. The first-order valence-corrected chi connectivity index (χ1v) is 7.07. The number of hydrogen-bond donors (Lipinski definition) is 3. The van der Waals surface area contributed by atoms with Crippen molar-refractivity contribution >= 4 is 11.7 Å². The van der Waals surface area contributed by atoms with Crippen LogP contribution in [0, 0.1) is 0 Å². The van der Waals surface area contributed by atoms with E-state index in [2.05, 4.69) is 10.6 Å². The van der Waals surface area contributed by atoms with E-state index in [1.807, 2.05) is 13.8 Å². The third-order valence-corrected chi connectivity index (χ3v) is 2.81. The molecule has 0 aliphatic carbocycles. The van der Waals surface area contributed by atoms with Gasteiger partial charge in [-0.3, -0.25) is 0 Å². The third kappa shape index (κ3) is 4.82. The van der Waals surface area contributed by atoms with Gasteiger partial charge in [-0.2, -0.15) is 0 Å². The summed E-state index contributed by atoms with van der Waals surface area (Å²) in [5.41, 5.74) is 0.640. The fraction of sp³-hybridized carbons (Fsp3) is 0.312. The Labute approximate surface area is 129 Å². The maximum absolute atomic E-state index is 11.8. The number of amides is 2. The van der Waals surface area contributed by atoms with E-state index in [4.69, 9.17) is 9.15 Å². The van der Waals surface area contributed by atoms with E-state index in [1.165, 1.54) is 6.26 Å².